The van der Waals surface area contributed by atoms with Crippen LogP contribution in [0.1, 0.15) is 25.5 Å². The molecule has 1 aromatic carbocycles. The number of aliphatic hydroxyl groups excluding tert-OH is 1. The van der Waals surface area contributed by atoms with Gasteiger partial charge in [0.15, 0.2) is 5.82 Å². The van der Waals surface area contributed by atoms with Crippen LogP contribution < -0.4 is 4.90 Å². The minimum Gasteiger partial charge on any atom is -0.392 e. The lowest BCUT2D eigenvalue weighted by atomic mass is 10.2. The minimum absolute atomic E-state index is 0.395. The van der Waals surface area contributed by atoms with Gasteiger partial charge in [0.2, 0.25) is 0 Å². The molecule has 0 saturated heterocycles. The molecule has 5 nitrogen and oxygen atoms in total. The molecule has 1 aromatic heterocycles. The van der Waals surface area contributed by atoms with Crippen LogP contribution in [0.4, 0.5) is 5.69 Å². The number of rotatable bonds is 6. The van der Waals surface area contributed by atoms with Gasteiger partial charge < -0.3 is 10.0 Å². The van der Waals surface area contributed by atoms with Crippen LogP contribution in [0, 0.1) is 0 Å². The standard InChI is InChI=1S/C14H20N4O/c1-3-13-15-14(17-16-13)10-18(9-11(2)19)12-7-5-4-6-8-12/h4-8,11,19H,3,9-10H2,1-2H3,(H,15,16,17)/t11-/m0/s1. The number of aromatic nitrogens is 3. The number of H-pyrrole nitrogens is 1. The molecule has 2 rings (SSSR count). The summed E-state index contributed by atoms with van der Waals surface area (Å²) in [5.41, 5.74) is 1.07. The number of hydrogen-bond donors (Lipinski definition) is 2. The van der Waals surface area contributed by atoms with Gasteiger partial charge in [0.25, 0.3) is 0 Å². The van der Waals surface area contributed by atoms with Crippen LogP contribution in [0.15, 0.2) is 30.3 Å². The maximum atomic E-state index is 9.63. The lowest BCUT2D eigenvalue weighted by Crippen LogP contribution is -2.30. The molecular formula is C14H20N4O. The first kappa shape index (κ1) is 13.5. The van der Waals surface area contributed by atoms with Gasteiger partial charge in [-0.2, -0.15) is 5.10 Å². The molecule has 0 aliphatic heterocycles. The zero-order chi connectivity index (χ0) is 13.7. The van der Waals surface area contributed by atoms with Gasteiger partial charge in [0, 0.05) is 18.7 Å². The van der Waals surface area contributed by atoms with Gasteiger partial charge in [-0.25, -0.2) is 4.98 Å². The molecule has 0 fully saturated rings. The molecule has 1 atom stereocenters. The molecule has 0 bridgehead atoms. The van der Waals surface area contributed by atoms with Gasteiger partial charge in [-0.15, -0.1) is 0 Å². The van der Waals surface area contributed by atoms with Crippen LogP contribution in [0.5, 0.6) is 0 Å². The summed E-state index contributed by atoms with van der Waals surface area (Å²) >= 11 is 0. The predicted molar refractivity (Wildman–Crippen MR) is 74.9 cm³/mol. The molecule has 0 unspecified atom stereocenters. The average molecular weight is 260 g/mol. The van der Waals surface area contributed by atoms with Crippen molar-refractivity contribution in [1.82, 2.24) is 15.2 Å². The highest BCUT2D eigenvalue weighted by Crippen LogP contribution is 2.16. The number of benzene rings is 1. The molecule has 0 radical (unpaired) electrons. The quantitative estimate of drug-likeness (QED) is 0.830. The molecule has 0 aliphatic carbocycles. The summed E-state index contributed by atoms with van der Waals surface area (Å²) in [6.07, 6.45) is 0.423. The Balaban J connectivity index is 2.14. The largest absolute Gasteiger partial charge is 0.392 e. The molecule has 1 heterocycles. The first-order chi connectivity index (χ1) is 9.19. The number of nitrogens with zero attached hydrogens (tertiary/aromatic N) is 3. The molecule has 0 spiro atoms. The zero-order valence-electron chi connectivity index (χ0n) is 11.4. The SMILES string of the molecule is CCc1n[nH]c(CN(C[C@H](C)O)c2ccccc2)n1. The fourth-order valence-corrected chi connectivity index (χ4v) is 1.96. The molecule has 2 aromatic rings. The Morgan fingerprint density at radius 3 is 2.63 bits per heavy atom. The predicted octanol–water partition coefficient (Wildman–Crippen LogP) is 1.75. The van der Waals surface area contributed by atoms with E-state index in [1.54, 1.807) is 6.92 Å². The smallest absolute Gasteiger partial charge is 0.150 e. The maximum absolute atomic E-state index is 9.63. The van der Waals surface area contributed by atoms with E-state index >= 15 is 0 Å². The number of hydrogen-bond acceptors (Lipinski definition) is 4. The summed E-state index contributed by atoms with van der Waals surface area (Å²) in [7, 11) is 0. The molecule has 19 heavy (non-hydrogen) atoms. The highest BCUT2D eigenvalue weighted by Gasteiger charge is 2.12. The molecular weight excluding hydrogens is 240 g/mol. The van der Waals surface area contributed by atoms with Crippen molar-refractivity contribution in [1.29, 1.82) is 0 Å². The van der Waals surface area contributed by atoms with Crippen LogP contribution in [0.25, 0.3) is 0 Å². The van der Waals surface area contributed by atoms with Crippen LogP contribution in [-0.2, 0) is 13.0 Å². The lowest BCUT2D eigenvalue weighted by molar-refractivity contribution is 0.199. The van der Waals surface area contributed by atoms with Crippen molar-refractivity contribution in [2.24, 2.45) is 0 Å². The summed E-state index contributed by atoms with van der Waals surface area (Å²) < 4.78 is 0. The summed E-state index contributed by atoms with van der Waals surface area (Å²) in [6.45, 7) is 4.99. The average Bonchev–Trinajstić information content (AvgIpc) is 2.86. The van der Waals surface area contributed by atoms with Crippen LogP contribution in [0.3, 0.4) is 0 Å². The molecule has 5 heteroatoms. The van der Waals surface area contributed by atoms with Gasteiger partial charge in [-0.3, -0.25) is 5.10 Å². The normalized spacial score (nSPS) is 12.4. The third-order valence-electron chi connectivity index (χ3n) is 2.84. The number of aliphatic hydroxyl groups is 1. The number of nitrogens with one attached hydrogen (secondary N) is 1. The number of anilines is 1. The lowest BCUT2D eigenvalue weighted by Gasteiger charge is -2.25. The van der Waals surface area contributed by atoms with Gasteiger partial charge in [0.05, 0.1) is 12.6 Å². The van der Waals surface area contributed by atoms with Crippen molar-refractivity contribution in [3.63, 3.8) is 0 Å². The summed E-state index contributed by atoms with van der Waals surface area (Å²) in [5, 5.41) is 16.7. The Bertz CT molecular complexity index is 495. The Kier molecular flexibility index (Phi) is 4.52. The third kappa shape index (κ3) is 3.79. The van der Waals surface area contributed by atoms with E-state index in [1.165, 1.54) is 0 Å². The van der Waals surface area contributed by atoms with Crippen LogP contribution in [0.2, 0.25) is 0 Å². The second-order valence-corrected chi connectivity index (χ2v) is 4.62. The maximum Gasteiger partial charge on any atom is 0.150 e. The van der Waals surface area contributed by atoms with Crippen LogP contribution >= 0.6 is 0 Å². The highest BCUT2D eigenvalue weighted by atomic mass is 16.3. The Morgan fingerprint density at radius 1 is 1.32 bits per heavy atom. The Morgan fingerprint density at radius 2 is 2.05 bits per heavy atom. The van der Waals surface area contributed by atoms with Crippen molar-refractivity contribution >= 4 is 5.69 Å². The Hall–Kier alpha value is -1.88. The first-order valence-electron chi connectivity index (χ1n) is 6.57. The first-order valence-corrected chi connectivity index (χ1v) is 6.57. The summed E-state index contributed by atoms with van der Waals surface area (Å²) in [4.78, 5) is 6.50. The fraction of sp³-hybridized carbons (Fsp3) is 0.429. The second-order valence-electron chi connectivity index (χ2n) is 4.62. The van der Waals surface area contributed by atoms with E-state index in [9.17, 15) is 5.11 Å². The summed E-state index contributed by atoms with van der Waals surface area (Å²) in [5.74, 6) is 1.64. The van der Waals surface area contributed by atoms with Gasteiger partial charge in [0.1, 0.15) is 5.82 Å². The molecule has 0 saturated carbocycles. The van der Waals surface area contributed by atoms with Crippen molar-refractivity contribution in [3.05, 3.63) is 42.0 Å². The third-order valence-corrected chi connectivity index (χ3v) is 2.84. The molecule has 2 N–H and O–H groups in total. The number of aryl methyl sites for hydroxylation is 1. The van der Waals surface area contributed by atoms with Crippen molar-refractivity contribution in [2.45, 2.75) is 32.9 Å². The topological polar surface area (TPSA) is 65.0 Å². The van der Waals surface area contributed by atoms with Gasteiger partial charge in [-0.1, -0.05) is 25.1 Å². The van der Waals surface area contributed by atoms with E-state index in [4.69, 9.17) is 0 Å². The molecule has 102 valence electrons. The van der Waals surface area contributed by atoms with E-state index in [0.717, 1.165) is 23.8 Å². The second kappa shape index (κ2) is 6.33. The summed E-state index contributed by atoms with van der Waals surface area (Å²) in [6, 6.07) is 10.0. The van der Waals surface area contributed by atoms with Crippen molar-refractivity contribution in [3.8, 4) is 0 Å². The highest BCUT2D eigenvalue weighted by molar-refractivity contribution is 5.46. The van der Waals surface area contributed by atoms with Crippen LogP contribution in [-0.4, -0.2) is 32.9 Å². The van der Waals surface area contributed by atoms with E-state index in [-0.39, 0.29) is 0 Å². The van der Waals surface area contributed by atoms with Gasteiger partial charge in [-0.05, 0) is 19.1 Å². The van der Waals surface area contributed by atoms with E-state index in [1.807, 2.05) is 37.3 Å². The van der Waals surface area contributed by atoms with E-state index in [0.29, 0.717) is 13.1 Å². The molecule has 0 amide bonds. The Labute approximate surface area is 113 Å². The van der Waals surface area contributed by atoms with E-state index < -0.39 is 6.10 Å². The number of aromatic amines is 1. The molecule has 0 aliphatic rings. The fourth-order valence-electron chi connectivity index (χ4n) is 1.96. The zero-order valence-corrected chi connectivity index (χ0v) is 11.4. The number of para-hydroxylation sites is 1. The van der Waals surface area contributed by atoms with E-state index in [2.05, 4.69) is 20.1 Å². The van der Waals surface area contributed by atoms with Crippen molar-refractivity contribution < 1.29 is 5.11 Å². The van der Waals surface area contributed by atoms with Gasteiger partial charge >= 0.3 is 0 Å². The monoisotopic (exact) mass is 260 g/mol. The van der Waals surface area contributed by atoms with Crippen molar-refractivity contribution in [2.75, 3.05) is 11.4 Å². The minimum atomic E-state index is -0.395.